The molecule has 0 aromatic rings. The van der Waals surface area contributed by atoms with Crippen molar-refractivity contribution < 1.29 is 49.7 Å². The molecule has 0 aliphatic carbocycles. The van der Waals surface area contributed by atoms with Crippen LogP contribution in [0.2, 0.25) is 0 Å². The molecule has 3 heteroatoms. The Morgan fingerprint density at radius 3 is 1.57 bits per heavy atom. The van der Waals surface area contributed by atoms with Gasteiger partial charge in [0.1, 0.15) is 0 Å². The molecule has 0 nitrogen and oxygen atoms in total. The van der Waals surface area contributed by atoms with Gasteiger partial charge in [0.25, 0.3) is 0 Å². The van der Waals surface area contributed by atoms with Crippen LogP contribution < -0.4 is 0 Å². The zero-order chi connectivity index (χ0) is 3.58. The monoisotopic (exact) mass is 378 g/mol. The average molecular weight is 378 g/mol. The molecule has 7 heavy (non-hydrogen) atoms. The van der Waals surface area contributed by atoms with Crippen LogP contribution in [0.15, 0.2) is 12.2 Å². The molecular weight excluding hydrogens is 368 g/mol. The van der Waals surface area contributed by atoms with Gasteiger partial charge in [-0.25, -0.2) is 19.1 Å². The third-order valence-electron chi connectivity index (χ3n) is 0. The number of hydrogen-bond acceptors (Lipinski definition) is 0. The first-order valence-corrected chi connectivity index (χ1v) is 1.21. The van der Waals surface area contributed by atoms with Gasteiger partial charge in [0.05, 0.1) is 0 Å². The van der Waals surface area contributed by atoms with Crippen molar-refractivity contribution in [3.05, 3.63) is 19.1 Å². The van der Waals surface area contributed by atoms with Crippen molar-refractivity contribution in [1.82, 2.24) is 0 Å². The summed E-state index contributed by atoms with van der Waals surface area (Å²) in [5.74, 6) is 0. The van der Waals surface area contributed by atoms with Gasteiger partial charge in [-0.15, -0.1) is 0 Å². The fraction of sp³-hybridized carbons (Fsp3) is 0.250. The Morgan fingerprint density at radius 2 is 1.57 bits per heavy atom. The summed E-state index contributed by atoms with van der Waals surface area (Å²) in [4.78, 5) is 0. The average Bonchev–Trinajstić information content (AvgIpc) is 0.811. The predicted molar refractivity (Wildman–Crippen MR) is 31.3 cm³/mol. The largest absolute Gasteiger partial charge is 0.242 e. The Balaban J connectivity index is -0.0000000150. The van der Waals surface area contributed by atoms with Crippen LogP contribution >= 0.6 is 9.90 Å². The number of allylic oxidation sites excluding steroid dienone is 1. The van der Waals surface area contributed by atoms with Crippen LogP contribution in [0.3, 0.4) is 0 Å². The molecule has 0 heterocycles. The quantitative estimate of drug-likeness (QED) is 0.443. The van der Waals surface area contributed by atoms with E-state index < -0.39 is 0 Å². The fourth-order valence-electron chi connectivity index (χ4n) is 0. The van der Waals surface area contributed by atoms with Crippen LogP contribution in [0.5, 0.6) is 0 Å². The van der Waals surface area contributed by atoms with E-state index >= 15 is 0 Å². The molecule has 1 radical (unpaired) electrons. The van der Waals surface area contributed by atoms with Gasteiger partial charge in [0.2, 0.25) is 0 Å². The third-order valence-corrected chi connectivity index (χ3v) is 0. The van der Waals surface area contributed by atoms with Crippen LogP contribution in [0.4, 0.5) is 0 Å². The van der Waals surface area contributed by atoms with E-state index in [-0.39, 0.29) is 59.6 Å². The van der Waals surface area contributed by atoms with Gasteiger partial charge in [-0.05, 0) is 0 Å². The van der Waals surface area contributed by atoms with E-state index in [4.69, 9.17) is 0 Å². The minimum Gasteiger partial charge on any atom is -0.242 e. The minimum atomic E-state index is 0. The second-order valence-electron chi connectivity index (χ2n) is 0.957. The van der Waals surface area contributed by atoms with Crippen molar-refractivity contribution in [2.45, 2.75) is 6.92 Å². The summed E-state index contributed by atoms with van der Waals surface area (Å²) in [7, 11) is 0. The Bertz CT molecular complexity index is 34.7. The molecule has 0 rings (SSSR count). The fourth-order valence-corrected chi connectivity index (χ4v) is 0. The summed E-state index contributed by atoms with van der Waals surface area (Å²) in [6, 6.07) is 0. The van der Waals surface area contributed by atoms with Crippen LogP contribution in [0.25, 0.3) is 0 Å². The zero-order valence-corrected chi connectivity index (χ0v) is 11.5. The van der Waals surface area contributed by atoms with E-state index in [9.17, 15) is 0 Å². The van der Waals surface area contributed by atoms with Crippen molar-refractivity contribution in [1.29, 1.82) is 0 Å². The van der Waals surface area contributed by atoms with Gasteiger partial charge in [-0.2, -0.15) is 9.90 Å². The second-order valence-corrected chi connectivity index (χ2v) is 0.957. The second kappa shape index (κ2) is 15.6. The van der Waals surface area contributed by atoms with Crippen molar-refractivity contribution in [2.24, 2.45) is 0 Å². The van der Waals surface area contributed by atoms with Gasteiger partial charge >= 0.3 is 0 Å². The van der Waals surface area contributed by atoms with Crippen LogP contribution in [0.1, 0.15) is 6.92 Å². The van der Waals surface area contributed by atoms with Gasteiger partial charge < -0.3 is 0 Å². The first-order valence-electron chi connectivity index (χ1n) is 1.21. The maximum atomic E-state index is 3.44. The first-order chi connectivity index (χ1) is 1.73. The molecule has 0 bridgehead atoms. The summed E-state index contributed by atoms with van der Waals surface area (Å²) < 4.78 is 0. The van der Waals surface area contributed by atoms with Crippen molar-refractivity contribution in [2.75, 3.05) is 0 Å². The molecule has 0 aromatic carbocycles. The van der Waals surface area contributed by atoms with Crippen LogP contribution in [0, 0.1) is 38.0 Å². The maximum absolute atomic E-state index is 3.44. The molecule has 0 N–H and O–H groups in total. The molecular formula is C4H10PUV-. The molecule has 0 saturated heterocycles. The molecule has 0 aliphatic heterocycles. The SMILES string of the molecule is C=C([CH2-])C.P.[U].[V]. The molecule has 0 spiro atoms. The van der Waals surface area contributed by atoms with Crippen LogP contribution in [-0.4, -0.2) is 0 Å². The van der Waals surface area contributed by atoms with E-state index in [1.54, 1.807) is 0 Å². The van der Waals surface area contributed by atoms with Crippen molar-refractivity contribution in [3.8, 4) is 0 Å². The van der Waals surface area contributed by atoms with E-state index in [2.05, 4.69) is 13.5 Å². The molecule has 1 unspecified atom stereocenters. The molecule has 41 valence electrons. The summed E-state index contributed by atoms with van der Waals surface area (Å²) in [5.41, 5.74) is 0.917. The first kappa shape index (κ1) is 23.4. The van der Waals surface area contributed by atoms with Crippen LogP contribution in [-0.2, 0) is 18.6 Å². The van der Waals surface area contributed by atoms with Gasteiger partial charge in [0, 0.05) is 49.7 Å². The standard InChI is InChI=1S/C4H7.H3P.U.V/c1-4(2)3;;;/h1-2H2,3H3;1H3;;/q-1;;;. The number of hydrogen-bond donors (Lipinski definition) is 0. The molecule has 0 aromatic heterocycles. The third kappa shape index (κ3) is 88.0. The normalized spacial score (nSPS) is 3.57. The zero-order valence-electron chi connectivity index (χ0n) is 4.57. The Morgan fingerprint density at radius 1 is 1.57 bits per heavy atom. The topological polar surface area (TPSA) is 0 Å². The van der Waals surface area contributed by atoms with Gasteiger partial charge in [0.15, 0.2) is 0 Å². The summed E-state index contributed by atoms with van der Waals surface area (Å²) in [5, 5.41) is 0. The maximum Gasteiger partial charge on any atom is 0 e. The smallest absolute Gasteiger partial charge is 0 e. The minimum absolute atomic E-state index is 0. The van der Waals surface area contributed by atoms with E-state index in [1.165, 1.54) is 0 Å². The van der Waals surface area contributed by atoms with Gasteiger partial charge in [-0.1, -0.05) is 6.92 Å². The van der Waals surface area contributed by atoms with E-state index in [0.29, 0.717) is 0 Å². The Hall–Kier alpha value is 1.68. The van der Waals surface area contributed by atoms with E-state index in [1.807, 2.05) is 6.92 Å². The molecule has 0 fully saturated rings. The summed E-state index contributed by atoms with van der Waals surface area (Å²) >= 11 is 0. The Kier molecular flexibility index (Phi) is 52.3. The summed E-state index contributed by atoms with van der Waals surface area (Å²) in [6.07, 6.45) is 0. The summed E-state index contributed by atoms with van der Waals surface area (Å²) in [6.45, 7) is 8.75. The molecule has 0 aliphatic rings. The number of rotatable bonds is 0. The molecule has 0 amide bonds. The molecule has 0 saturated carbocycles. The van der Waals surface area contributed by atoms with Crippen molar-refractivity contribution >= 4 is 9.90 Å². The Labute approximate surface area is 84.8 Å². The molecule has 1 atom stereocenters. The van der Waals surface area contributed by atoms with Crippen molar-refractivity contribution in [3.63, 3.8) is 0 Å². The predicted octanol–water partition coefficient (Wildman–Crippen LogP) is 1.45. The van der Waals surface area contributed by atoms with Gasteiger partial charge in [-0.3, -0.25) is 0 Å². The van der Waals surface area contributed by atoms with E-state index in [0.717, 1.165) is 5.57 Å².